The summed E-state index contributed by atoms with van der Waals surface area (Å²) in [7, 11) is 0. The number of nitrogens with zero attached hydrogens (tertiary/aromatic N) is 1. The topological polar surface area (TPSA) is 35.5 Å². The third-order valence-corrected chi connectivity index (χ3v) is 4.99. The van der Waals surface area contributed by atoms with Crippen molar-refractivity contribution in [1.29, 1.82) is 0 Å². The predicted molar refractivity (Wildman–Crippen MR) is 89.0 cm³/mol. The second-order valence-electron chi connectivity index (χ2n) is 6.73. The summed E-state index contributed by atoms with van der Waals surface area (Å²) in [6, 6.07) is 8.69. The van der Waals surface area contributed by atoms with Crippen molar-refractivity contribution in [2.45, 2.75) is 57.0 Å². The van der Waals surface area contributed by atoms with Gasteiger partial charge in [0.25, 0.3) is 0 Å². The van der Waals surface area contributed by atoms with Crippen molar-refractivity contribution in [3.8, 4) is 0 Å². The Hall–Kier alpha value is -1.22. The third kappa shape index (κ3) is 3.91. The van der Waals surface area contributed by atoms with Crippen LogP contribution in [0.25, 0.3) is 0 Å². The van der Waals surface area contributed by atoms with Crippen LogP contribution in [0.15, 0.2) is 24.3 Å². The molecule has 0 spiro atoms. The molecule has 0 radical (unpaired) electrons. The zero-order valence-corrected chi connectivity index (χ0v) is 13.0. The molecule has 0 unspecified atom stereocenters. The Bertz CT molecular complexity index is 429. The SMILES string of the molecule is OC1(CNc2ccc(N3CCCC3)cc2)CCCCCC1. The Morgan fingerprint density at radius 3 is 2.14 bits per heavy atom. The Morgan fingerprint density at radius 1 is 0.905 bits per heavy atom. The second kappa shape index (κ2) is 6.69. The van der Waals surface area contributed by atoms with Crippen molar-refractivity contribution in [3.63, 3.8) is 0 Å². The highest BCUT2D eigenvalue weighted by Gasteiger charge is 2.27. The molecule has 1 heterocycles. The van der Waals surface area contributed by atoms with Crippen LogP contribution in [-0.4, -0.2) is 30.3 Å². The van der Waals surface area contributed by atoms with E-state index in [1.807, 2.05) is 0 Å². The van der Waals surface area contributed by atoms with Gasteiger partial charge in [0.05, 0.1) is 5.60 Å². The first kappa shape index (κ1) is 14.7. The fourth-order valence-electron chi connectivity index (χ4n) is 3.60. The lowest BCUT2D eigenvalue weighted by molar-refractivity contribution is 0.0381. The molecule has 2 N–H and O–H groups in total. The van der Waals surface area contributed by atoms with Gasteiger partial charge in [-0.2, -0.15) is 0 Å². The standard InChI is InChI=1S/C18H28N2O/c21-18(11-3-1-2-4-12-18)15-19-16-7-9-17(10-8-16)20-13-5-6-14-20/h7-10,19,21H,1-6,11-15H2. The van der Waals surface area contributed by atoms with E-state index in [9.17, 15) is 5.11 Å². The van der Waals surface area contributed by atoms with Crippen LogP contribution in [0.2, 0.25) is 0 Å². The molecule has 0 bridgehead atoms. The van der Waals surface area contributed by atoms with E-state index in [0.717, 1.165) is 31.4 Å². The van der Waals surface area contributed by atoms with E-state index in [4.69, 9.17) is 0 Å². The van der Waals surface area contributed by atoms with Gasteiger partial charge >= 0.3 is 0 Å². The summed E-state index contributed by atoms with van der Waals surface area (Å²) in [6.45, 7) is 3.05. The largest absolute Gasteiger partial charge is 0.388 e. The molecule has 21 heavy (non-hydrogen) atoms. The van der Waals surface area contributed by atoms with Crippen LogP contribution in [0.4, 0.5) is 11.4 Å². The molecule has 3 heteroatoms. The number of hydrogen-bond acceptors (Lipinski definition) is 3. The van der Waals surface area contributed by atoms with Gasteiger partial charge in [0, 0.05) is 31.0 Å². The van der Waals surface area contributed by atoms with Crippen LogP contribution in [0.5, 0.6) is 0 Å². The predicted octanol–water partition coefficient (Wildman–Crippen LogP) is 3.78. The van der Waals surface area contributed by atoms with Gasteiger partial charge in [0.2, 0.25) is 0 Å². The fourth-order valence-corrected chi connectivity index (χ4v) is 3.60. The minimum Gasteiger partial charge on any atom is -0.388 e. The molecule has 3 nitrogen and oxygen atoms in total. The molecular weight excluding hydrogens is 260 g/mol. The third-order valence-electron chi connectivity index (χ3n) is 4.99. The van der Waals surface area contributed by atoms with Crippen molar-refractivity contribution in [3.05, 3.63) is 24.3 Å². The number of anilines is 2. The monoisotopic (exact) mass is 288 g/mol. The minimum atomic E-state index is -0.510. The van der Waals surface area contributed by atoms with Crippen molar-refractivity contribution < 1.29 is 5.11 Å². The first-order valence-electron chi connectivity index (χ1n) is 8.57. The molecule has 1 aliphatic carbocycles. The van der Waals surface area contributed by atoms with Gasteiger partial charge in [-0.1, -0.05) is 25.7 Å². The lowest BCUT2D eigenvalue weighted by Crippen LogP contribution is -2.36. The summed E-state index contributed by atoms with van der Waals surface area (Å²) in [5.41, 5.74) is 1.94. The first-order valence-corrected chi connectivity index (χ1v) is 8.57. The molecule has 1 aromatic rings. The first-order chi connectivity index (χ1) is 10.3. The van der Waals surface area contributed by atoms with Crippen molar-refractivity contribution in [2.75, 3.05) is 29.9 Å². The highest BCUT2D eigenvalue weighted by molar-refractivity contribution is 5.55. The number of rotatable bonds is 4. The molecule has 0 amide bonds. The summed E-state index contributed by atoms with van der Waals surface area (Å²) in [5.74, 6) is 0. The average molecular weight is 288 g/mol. The van der Waals surface area contributed by atoms with Crippen molar-refractivity contribution >= 4 is 11.4 Å². The van der Waals surface area contributed by atoms with Crippen molar-refractivity contribution in [1.82, 2.24) is 0 Å². The van der Waals surface area contributed by atoms with E-state index in [2.05, 4.69) is 34.5 Å². The molecule has 2 fully saturated rings. The summed E-state index contributed by atoms with van der Waals surface area (Å²) in [4.78, 5) is 2.45. The van der Waals surface area contributed by atoms with Crippen LogP contribution >= 0.6 is 0 Å². The van der Waals surface area contributed by atoms with Crippen LogP contribution in [-0.2, 0) is 0 Å². The second-order valence-corrected chi connectivity index (χ2v) is 6.73. The highest BCUT2D eigenvalue weighted by atomic mass is 16.3. The molecule has 1 saturated heterocycles. The molecule has 116 valence electrons. The smallest absolute Gasteiger partial charge is 0.0819 e. The summed E-state index contributed by atoms with van der Waals surface area (Å²) in [6.07, 6.45) is 9.36. The number of hydrogen-bond donors (Lipinski definition) is 2. The lowest BCUT2D eigenvalue weighted by atomic mass is 9.94. The average Bonchev–Trinajstić information content (AvgIpc) is 2.96. The molecule has 1 aromatic carbocycles. The zero-order chi connectivity index (χ0) is 14.5. The molecular formula is C18H28N2O. The Kier molecular flexibility index (Phi) is 4.69. The normalized spacial score (nSPS) is 22.0. The quantitative estimate of drug-likeness (QED) is 0.828. The van der Waals surface area contributed by atoms with Crippen LogP contribution in [0, 0.1) is 0 Å². The van der Waals surface area contributed by atoms with E-state index >= 15 is 0 Å². The van der Waals surface area contributed by atoms with Gasteiger partial charge < -0.3 is 15.3 Å². The summed E-state index contributed by atoms with van der Waals surface area (Å²) >= 11 is 0. The number of benzene rings is 1. The maximum atomic E-state index is 10.7. The van der Waals surface area contributed by atoms with E-state index < -0.39 is 5.60 Å². The highest BCUT2D eigenvalue weighted by Crippen LogP contribution is 2.28. The minimum absolute atomic E-state index is 0.510. The molecule has 1 saturated carbocycles. The maximum Gasteiger partial charge on any atom is 0.0819 e. The van der Waals surface area contributed by atoms with Gasteiger partial charge in [-0.05, 0) is 49.9 Å². The number of aliphatic hydroxyl groups is 1. The van der Waals surface area contributed by atoms with E-state index in [0.29, 0.717) is 6.54 Å². The van der Waals surface area contributed by atoms with Gasteiger partial charge in [-0.25, -0.2) is 0 Å². The Morgan fingerprint density at radius 2 is 1.52 bits per heavy atom. The molecule has 3 rings (SSSR count). The molecule has 0 atom stereocenters. The zero-order valence-electron chi connectivity index (χ0n) is 13.0. The Labute approximate surface area is 128 Å². The maximum absolute atomic E-state index is 10.7. The molecule has 2 aliphatic rings. The van der Waals surface area contributed by atoms with Gasteiger partial charge in [-0.15, -0.1) is 0 Å². The van der Waals surface area contributed by atoms with Crippen molar-refractivity contribution in [2.24, 2.45) is 0 Å². The van der Waals surface area contributed by atoms with Gasteiger partial charge in [0.1, 0.15) is 0 Å². The van der Waals surface area contributed by atoms with E-state index in [1.165, 1.54) is 44.5 Å². The lowest BCUT2D eigenvalue weighted by Gasteiger charge is -2.27. The van der Waals surface area contributed by atoms with Gasteiger partial charge in [0.15, 0.2) is 0 Å². The van der Waals surface area contributed by atoms with Crippen LogP contribution < -0.4 is 10.2 Å². The van der Waals surface area contributed by atoms with E-state index in [1.54, 1.807) is 0 Å². The van der Waals surface area contributed by atoms with Crippen LogP contribution in [0.1, 0.15) is 51.4 Å². The van der Waals surface area contributed by atoms with E-state index in [-0.39, 0.29) is 0 Å². The molecule has 0 aromatic heterocycles. The summed E-state index contributed by atoms with van der Waals surface area (Å²) < 4.78 is 0. The number of nitrogens with one attached hydrogen (secondary N) is 1. The fraction of sp³-hybridized carbons (Fsp3) is 0.667. The van der Waals surface area contributed by atoms with Gasteiger partial charge in [-0.3, -0.25) is 0 Å². The van der Waals surface area contributed by atoms with Crippen LogP contribution in [0.3, 0.4) is 0 Å². The Balaban J connectivity index is 1.55. The summed E-state index contributed by atoms with van der Waals surface area (Å²) in [5, 5.41) is 14.1. The molecule has 1 aliphatic heterocycles.